The van der Waals surface area contributed by atoms with E-state index in [1.807, 2.05) is 0 Å². The molecular weight excluding hydrogens is 432 g/mol. The molecule has 0 saturated heterocycles. The predicted molar refractivity (Wildman–Crippen MR) is 111 cm³/mol. The molecule has 0 aliphatic heterocycles. The lowest BCUT2D eigenvalue weighted by Crippen LogP contribution is -2.18. The maximum absolute atomic E-state index is 10.4. The Morgan fingerprint density at radius 3 is 1.09 bits per heavy atom. The van der Waals surface area contributed by atoms with Crippen LogP contribution in [0.5, 0.6) is 23.0 Å². The highest BCUT2D eigenvalue weighted by molar-refractivity contribution is 5.89. The molecule has 0 fully saturated rings. The lowest BCUT2D eigenvalue weighted by molar-refractivity contribution is 0.0685. The zero-order valence-corrected chi connectivity index (χ0v) is 17.0. The number of ether oxygens (including phenoxy) is 2. The molecule has 2 rings (SSSR count). The SMILES string of the molecule is COc1cc(C(=O)O)ccc1O.COc1cc(C(=O)O)ccc1O.NC(N)=O.NC(N)=O. The monoisotopic (exact) mass is 456 g/mol. The molecule has 0 radical (unpaired) electrons. The van der Waals surface area contributed by atoms with Gasteiger partial charge in [0.15, 0.2) is 23.0 Å². The summed E-state index contributed by atoms with van der Waals surface area (Å²) in [7, 11) is 2.72. The van der Waals surface area contributed by atoms with Gasteiger partial charge in [-0.1, -0.05) is 0 Å². The minimum atomic E-state index is -1.05. The number of methoxy groups -OCH3 is 2. The Labute approximate surface area is 181 Å². The molecule has 0 aliphatic carbocycles. The van der Waals surface area contributed by atoms with Gasteiger partial charge in [-0.2, -0.15) is 0 Å². The highest BCUT2D eigenvalue weighted by Gasteiger charge is 2.07. The fraction of sp³-hybridized carbons (Fsp3) is 0.111. The number of rotatable bonds is 4. The maximum Gasteiger partial charge on any atom is 0.335 e. The van der Waals surface area contributed by atoms with Crippen LogP contribution >= 0.6 is 0 Å². The maximum atomic E-state index is 10.4. The summed E-state index contributed by atoms with van der Waals surface area (Å²) >= 11 is 0. The van der Waals surface area contributed by atoms with Crippen molar-refractivity contribution in [2.45, 2.75) is 0 Å². The van der Waals surface area contributed by atoms with Crippen molar-refractivity contribution in [3.63, 3.8) is 0 Å². The third-order valence-electron chi connectivity index (χ3n) is 2.85. The number of urea groups is 2. The number of hydrogen-bond donors (Lipinski definition) is 8. The van der Waals surface area contributed by atoms with Gasteiger partial charge in [-0.25, -0.2) is 19.2 Å². The summed E-state index contributed by atoms with van der Waals surface area (Å²) in [6.45, 7) is 0. The summed E-state index contributed by atoms with van der Waals surface area (Å²) in [6.07, 6.45) is 0. The average Bonchev–Trinajstić information content (AvgIpc) is 2.68. The van der Waals surface area contributed by atoms with Crippen molar-refractivity contribution in [2.24, 2.45) is 22.9 Å². The van der Waals surface area contributed by atoms with Crippen molar-refractivity contribution in [1.29, 1.82) is 0 Å². The lowest BCUT2D eigenvalue weighted by Gasteiger charge is -2.02. The van der Waals surface area contributed by atoms with Crippen LogP contribution in [0, 0.1) is 0 Å². The molecule has 0 aliphatic rings. The second kappa shape index (κ2) is 15.0. The topological polar surface area (TPSA) is 272 Å². The zero-order valence-electron chi connectivity index (χ0n) is 17.0. The number of hydrogen-bond acceptors (Lipinski definition) is 8. The normalized spacial score (nSPS) is 8.56. The van der Waals surface area contributed by atoms with Gasteiger partial charge >= 0.3 is 24.0 Å². The van der Waals surface area contributed by atoms with Gasteiger partial charge in [0.2, 0.25) is 0 Å². The van der Waals surface area contributed by atoms with E-state index in [1.165, 1.54) is 50.6 Å². The van der Waals surface area contributed by atoms with Crippen LogP contribution in [0.2, 0.25) is 0 Å². The number of phenols is 2. The van der Waals surface area contributed by atoms with E-state index in [-0.39, 0.29) is 34.1 Å². The van der Waals surface area contributed by atoms with Crippen LogP contribution in [0.25, 0.3) is 0 Å². The van der Waals surface area contributed by atoms with Crippen molar-refractivity contribution < 1.29 is 49.1 Å². The van der Waals surface area contributed by atoms with Gasteiger partial charge in [0, 0.05) is 0 Å². The smallest absolute Gasteiger partial charge is 0.335 e. The largest absolute Gasteiger partial charge is 0.504 e. The van der Waals surface area contributed by atoms with E-state index in [1.54, 1.807) is 0 Å². The van der Waals surface area contributed by atoms with Crippen molar-refractivity contribution in [3.05, 3.63) is 47.5 Å². The fourth-order valence-electron chi connectivity index (χ4n) is 1.62. The first-order chi connectivity index (χ1) is 14.8. The Morgan fingerprint density at radius 2 is 0.906 bits per heavy atom. The molecule has 32 heavy (non-hydrogen) atoms. The minimum absolute atomic E-state index is 0.0671. The van der Waals surface area contributed by atoms with Crippen LogP contribution in [0.3, 0.4) is 0 Å². The molecule has 0 bridgehead atoms. The summed E-state index contributed by atoms with van der Waals surface area (Å²) in [4.78, 5) is 38.9. The molecule has 0 spiro atoms. The molecule has 4 amide bonds. The number of aromatic hydroxyl groups is 2. The van der Waals surface area contributed by atoms with Crippen LogP contribution in [-0.4, -0.2) is 58.6 Å². The molecule has 14 nitrogen and oxygen atoms in total. The molecule has 0 unspecified atom stereocenters. The molecule has 2 aromatic rings. The van der Waals surface area contributed by atoms with Crippen LogP contribution < -0.4 is 32.4 Å². The van der Waals surface area contributed by atoms with Crippen LogP contribution in [-0.2, 0) is 0 Å². The van der Waals surface area contributed by atoms with Gasteiger partial charge in [0.05, 0.1) is 25.3 Å². The lowest BCUT2D eigenvalue weighted by atomic mass is 10.2. The minimum Gasteiger partial charge on any atom is -0.504 e. The van der Waals surface area contributed by atoms with Gasteiger partial charge in [-0.05, 0) is 36.4 Å². The quantitative estimate of drug-likeness (QED) is 0.310. The molecule has 0 aromatic heterocycles. The van der Waals surface area contributed by atoms with Crippen LogP contribution in [0.4, 0.5) is 9.59 Å². The average molecular weight is 456 g/mol. The number of primary amides is 4. The number of carboxylic acid groups (broad SMARTS) is 2. The van der Waals surface area contributed by atoms with Crippen molar-refractivity contribution >= 4 is 24.0 Å². The van der Waals surface area contributed by atoms with E-state index in [4.69, 9.17) is 39.5 Å². The van der Waals surface area contributed by atoms with Gasteiger partial charge in [0.25, 0.3) is 0 Å². The van der Waals surface area contributed by atoms with E-state index in [0.717, 1.165) is 0 Å². The summed E-state index contributed by atoms with van der Waals surface area (Å²) in [5.74, 6) is -1.91. The van der Waals surface area contributed by atoms with Crippen molar-refractivity contribution in [1.82, 2.24) is 0 Å². The van der Waals surface area contributed by atoms with Crippen molar-refractivity contribution in [2.75, 3.05) is 14.2 Å². The number of carbonyl (C=O) groups is 4. The highest BCUT2D eigenvalue weighted by atomic mass is 16.5. The molecule has 176 valence electrons. The number of benzene rings is 2. The van der Waals surface area contributed by atoms with Crippen LogP contribution in [0.15, 0.2) is 36.4 Å². The molecular formula is C18H24N4O10. The van der Waals surface area contributed by atoms with Gasteiger partial charge in [0.1, 0.15) is 0 Å². The zero-order chi connectivity index (χ0) is 25.4. The Hall–Kier alpha value is -4.88. The summed E-state index contributed by atoms with van der Waals surface area (Å²) in [5.41, 5.74) is 17.2. The van der Waals surface area contributed by atoms with Crippen molar-refractivity contribution in [3.8, 4) is 23.0 Å². The number of phenolic OH excluding ortho intramolecular Hbond substituents is 2. The first kappa shape index (κ1) is 29.3. The molecule has 0 saturated carbocycles. The van der Waals surface area contributed by atoms with E-state index >= 15 is 0 Å². The second-order valence-corrected chi connectivity index (χ2v) is 5.19. The van der Waals surface area contributed by atoms with E-state index < -0.39 is 24.0 Å². The van der Waals surface area contributed by atoms with E-state index in [0.29, 0.717) is 0 Å². The standard InChI is InChI=1S/2C8H8O4.2CH4N2O/c2*1-12-7-4-5(8(10)11)2-3-6(7)9;2*2-1(3)4/h2*2-4,9H,1H3,(H,10,11);2*(H4,2,3,4). The number of carboxylic acids is 2. The Kier molecular flexibility index (Phi) is 13.8. The number of nitrogens with two attached hydrogens (primary N) is 4. The summed E-state index contributed by atoms with van der Waals surface area (Å²) in [6, 6.07) is 6.03. The van der Waals surface area contributed by atoms with Gasteiger partial charge in [-0.3, -0.25) is 0 Å². The molecule has 0 heterocycles. The third kappa shape index (κ3) is 13.3. The first-order valence-corrected chi connectivity index (χ1v) is 8.07. The second-order valence-electron chi connectivity index (χ2n) is 5.19. The number of carbonyl (C=O) groups excluding carboxylic acids is 2. The molecule has 0 atom stereocenters. The summed E-state index contributed by atoms with van der Waals surface area (Å²) in [5, 5.41) is 35.3. The Bertz CT molecular complexity index is 850. The summed E-state index contributed by atoms with van der Waals surface area (Å²) < 4.78 is 9.44. The molecule has 2 aromatic carbocycles. The molecule has 14 heteroatoms. The molecule has 12 N–H and O–H groups in total. The van der Waals surface area contributed by atoms with Crippen LogP contribution in [0.1, 0.15) is 20.7 Å². The number of amides is 4. The predicted octanol–water partition coefficient (Wildman–Crippen LogP) is 0.246. The Morgan fingerprint density at radius 1 is 0.656 bits per heavy atom. The fourth-order valence-corrected chi connectivity index (χ4v) is 1.62. The van der Waals surface area contributed by atoms with Gasteiger partial charge < -0.3 is 52.8 Å². The first-order valence-electron chi connectivity index (χ1n) is 8.07. The third-order valence-corrected chi connectivity index (χ3v) is 2.85. The van der Waals surface area contributed by atoms with E-state index in [9.17, 15) is 9.59 Å². The van der Waals surface area contributed by atoms with Gasteiger partial charge in [-0.15, -0.1) is 0 Å². The van der Waals surface area contributed by atoms with E-state index in [2.05, 4.69) is 22.9 Å². The number of aromatic carboxylic acids is 2. The highest BCUT2D eigenvalue weighted by Crippen LogP contribution is 2.26. The Balaban J connectivity index is 0.